The van der Waals surface area contributed by atoms with Crippen LogP contribution in [0, 0.1) is 0 Å². The molecule has 3 amide bonds. The summed E-state index contributed by atoms with van der Waals surface area (Å²) in [4.78, 5) is 49.6. The number of pyridine rings is 1. The predicted octanol–water partition coefficient (Wildman–Crippen LogP) is 6.93. The molecule has 3 N–H and O–H groups in total. The van der Waals surface area contributed by atoms with E-state index in [1.54, 1.807) is 83.0 Å². The Hall–Kier alpha value is -4.89. The van der Waals surface area contributed by atoms with Crippen molar-refractivity contribution in [2.75, 3.05) is 58.4 Å². The first-order chi connectivity index (χ1) is 26.9. The van der Waals surface area contributed by atoms with Crippen LogP contribution in [-0.4, -0.2) is 91.6 Å². The van der Waals surface area contributed by atoms with Crippen LogP contribution in [0.15, 0.2) is 59.5 Å². The molecule has 57 heavy (non-hydrogen) atoms. The topological polar surface area (TPSA) is 192 Å². The minimum atomic E-state index is -1.92. The quantitative estimate of drug-likeness (QED) is 0.191. The number of carbonyl (C=O) groups excluding carboxylic acids is 3. The van der Waals surface area contributed by atoms with Crippen LogP contribution in [-0.2, 0) is 46.1 Å². The number of methoxy groups -OCH3 is 2. The zero-order valence-electron chi connectivity index (χ0n) is 33.7. The number of nitrogens with zero attached hydrogens (tertiary/aromatic N) is 2. The number of hydrogen-bond acceptors (Lipinski definition) is 11. The number of hydrogen-bond donors (Lipinski definition) is 3. The van der Waals surface area contributed by atoms with E-state index in [1.807, 2.05) is 12.1 Å². The van der Waals surface area contributed by atoms with Crippen LogP contribution in [0.4, 0.5) is 29.7 Å². The summed E-state index contributed by atoms with van der Waals surface area (Å²) in [5.74, 6) is 0.963. The number of ether oxygens (including phenoxy) is 4. The number of anilines is 2. The Morgan fingerprint density at radius 3 is 1.74 bits per heavy atom. The van der Waals surface area contributed by atoms with Crippen molar-refractivity contribution in [3.8, 4) is 22.6 Å². The molecule has 1 aliphatic rings. The van der Waals surface area contributed by atoms with Gasteiger partial charge in [0.15, 0.2) is 0 Å². The molecule has 320 valence electrons. The van der Waals surface area contributed by atoms with Gasteiger partial charge >= 0.3 is 37.5 Å². The molecule has 1 fully saturated rings. The molecule has 1 saturated heterocycles. The second kappa shape index (κ2) is 24.7. The van der Waals surface area contributed by atoms with Gasteiger partial charge in [-0.2, -0.15) is 0 Å². The maximum atomic E-state index is 12.5. The zero-order valence-corrected chi connectivity index (χ0v) is 36.0. The number of rotatable bonds is 10. The fourth-order valence-electron chi connectivity index (χ4n) is 5.33. The molecule has 1 unspecified atom stereocenters. The summed E-state index contributed by atoms with van der Waals surface area (Å²) < 4.78 is 64.3. The van der Waals surface area contributed by atoms with Crippen LogP contribution in [0.2, 0.25) is 0 Å². The number of halogens is 2. The summed E-state index contributed by atoms with van der Waals surface area (Å²) in [6.45, 7) is 10.3. The average molecular weight is 988 g/mol. The van der Waals surface area contributed by atoms with E-state index in [2.05, 4.69) is 10.6 Å². The number of nitrogens with one attached hydrogen (secondary N) is 2. The van der Waals surface area contributed by atoms with Crippen LogP contribution >= 0.6 is 0 Å². The van der Waals surface area contributed by atoms with Gasteiger partial charge in [0.1, 0.15) is 36.1 Å². The predicted molar refractivity (Wildman–Crippen MR) is 205 cm³/mol. The Morgan fingerprint density at radius 1 is 0.789 bits per heavy atom. The number of amides is 3. The van der Waals surface area contributed by atoms with E-state index in [1.165, 1.54) is 24.9 Å². The maximum absolute atomic E-state index is 12.5. The molecule has 15 nitrogen and oxygen atoms in total. The number of aliphatic hydroxyl groups excluding tert-OH is 1. The number of benzene rings is 2. The van der Waals surface area contributed by atoms with Gasteiger partial charge in [0.05, 0.1) is 32.1 Å². The van der Waals surface area contributed by atoms with Gasteiger partial charge < -0.3 is 33.5 Å². The molecule has 1 atom stereocenters. The van der Waals surface area contributed by atoms with E-state index >= 15 is 0 Å². The number of likely N-dealkylation sites (tertiary alicyclic amines) is 1. The van der Waals surface area contributed by atoms with E-state index < -0.39 is 55.2 Å². The van der Waals surface area contributed by atoms with Crippen molar-refractivity contribution < 1.29 is 72.5 Å². The van der Waals surface area contributed by atoms with Gasteiger partial charge in [-0.1, -0.05) is 12.1 Å². The molecule has 0 aliphatic carbocycles. The molecule has 2 heterocycles. The Labute approximate surface area is 340 Å². The number of aliphatic hydroxyl groups is 1. The number of alkyl halides is 2. The molecule has 1 aromatic heterocycles. The van der Waals surface area contributed by atoms with Gasteiger partial charge in [-0.05, 0) is 101 Å². The van der Waals surface area contributed by atoms with E-state index in [4.69, 9.17) is 30.8 Å². The number of aromatic nitrogens is 1. The standard InChI is InChI=1S/C19H27FN2O4.C19H23FN2O4.CH4O.2O.Pt/c2*1-19(2,3)26-18(24)21-15-6-5-13(11-16(15)25-4)14-7-9-22(10-8-20)17(23)12-14;1-2;;;/h5-6,11,14H,7-10,12H2,1-4H3,(H,21,24);5-7,9,11-12H,8,10H2,1-4H3,(H,21,24);2H,1H3;;;. The number of carbonyl (C=O) groups is 3. The average Bonchev–Trinajstić information content (AvgIpc) is 3.13. The Morgan fingerprint density at radius 2 is 1.28 bits per heavy atom. The summed E-state index contributed by atoms with van der Waals surface area (Å²) in [6, 6.07) is 13.7. The molecular weight excluding hydrogens is 934 g/mol. The van der Waals surface area contributed by atoms with Gasteiger partial charge in [-0.15, -0.1) is 0 Å². The molecule has 1 aliphatic heterocycles. The van der Waals surface area contributed by atoms with E-state index in [9.17, 15) is 28.0 Å². The van der Waals surface area contributed by atoms with Crippen molar-refractivity contribution in [1.29, 1.82) is 0 Å². The van der Waals surface area contributed by atoms with Crippen molar-refractivity contribution in [3.63, 3.8) is 0 Å². The monoisotopic (exact) mass is 987 g/mol. The molecule has 3 aromatic rings. The first kappa shape index (κ1) is 50.1. The third kappa shape index (κ3) is 17.8. The first-order valence-corrected chi connectivity index (χ1v) is 19.5. The van der Waals surface area contributed by atoms with Gasteiger partial charge in [-0.25, -0.2) is 18.4 Å². The van der Waals surface area contributed by atoms with E-state index in [0.29, 0.717) is 41.4 Å². The SMILES string of the molecule is CO.COc1cc(-c2ccn(CCF)c(=O)c2)ccc1NC(=O)OC(C)(C)C.COc1cc(C2CCN(CCF)C(=O)C2)ccc1NC(=O)OC(C)(C)C.[O]=[Pt]=[O]. The molecule has 4 rings (SSSR count). The molecule has 18 heteroatoms. The van der Waals surface area contributed by atoms with Gasteiger partial charge in [-0.3, -0.25) is 20.2 Å². The van der Waals surface area contributed by atoms with Crippen molar-refractivity contribution in [1.82, 2.24) is 9.47 Å². The normalized spacial score (nSPS) is 13.6. The van der Waals surface area contributed by atoms with Crippen molar-refractivity contribution in [2.45, 2.75) is 78.0 Å². The summed E-state index contributed by atoms with van der Waals surface area (Å²) in [5.41, 5.74) is 1.85. The molecule has 2 aromatic carbocycles. The van der Waals surface area contributed by atoms with Gasteiger partial charge in [0, 0.05) is 38.9 Å². The summed E-state index contributed by atoms with van der Waals surface area (Å²) in [6.07, 6.45) is 1.53. The summed E-state index contributed by atoms with van der Waals surface area (Å²) in [5, 5.41) is 12.3. The molecule has 0 spiro atoms. The van der Waals surface area contributed by atoms with Crippen molar-refractivity contribution in [3.05, 3.63) is 70.6 Å². The second-order valence-corrected chi connectivity index (χ2v) is 14.5. The molecule has 0 radical (unpaired) electrons. The van der Waals surface area contributed by atoms with Gasteiger partial charge in [0.25, 0.3) is 5.56 Å². The van der Waals surface area contributed by atoms with Crippen LogP contribution in [0.1, 0.15) is 65.9 Å². The summed E-state index contributed by atoms with van der Waals surface area (Å²) in [7, 11) is 4.01. The first-order valence-electron chi connectivity index (χ1n) is 17.6. The van der Waals surface area contributed by atoms with E-state index in [0.717, 1.165) is 24.7 Å². The number of piperidine rings is 1. The van der Waals surface area contributed by atoms with E-state index in [-0.39, 0.29) is 30.5 Å². The van der Waals surface area contributed by atoms with Crippen LogP contribution in [0.3, 0.4) is 0 Å². The zero-order chi connectivity index (χ0) is 43.3. The Balaban J connectivity index is 0.000000512. The molecular formula is C39H54F2N4O11Pt. The van der Waals surface area contributed by atoms with Crippen molar-refractivity contribution >= 4 is 29.5 Å². The summed E-state index contributed by atoms with van der Waals surface area (Å²) >= 11 is -1.92. The van der Waals surface area contributed by atoms with Crippen LogP contribution < -0.4 is 25.7 Å². The number of aryl methyl sites for hydroxylation is 1. The Bertz CT molecular complexity index is 1860. The van der Waals surface area contributed by atoms with Gasteiger partial charge in [0.2, 0.25) is 5.91 Å². The molecule has 0 bridgehead atoms. The third-order valence-corrected chi connectivity index (χ3v) is 7.70. The Kier molecular flexibility index (Phi) is 21.7. The fourth-order valence-corrected chi connectivity index (χ4v) is 5.33. The van der Waals surface area contributed by atoms with Crippen molar-refractivity contribution in [2.24, 2.45) is 0 Å². The fraction of sp³-hybridized carbons (Fsp3) is 0.487. The molecule has 0 saturated carbocycles. The third-order valence-electron chi connectivity index (χ3n) is 7.70. The second-order valence-electron chi connectivity index (χ2n) is 14.1. The van der Waals surface area contributed by atoms with Crippen LogP contribution in [0.5, 0.6) is 11.5 Å². The minimum absolute atomic E-state index is 0.0289. The van der Waals surface area contributed by atoms with Crippen LogP contribution in [0.25, 0.3) is 11.1 Å².